The Bertz CT molecular complexity index is 469. The molecule has 1 aromatic rings. The van der Waals surface area contributed by atoms with Crippen LogP contribution in [0.1, 0.15) is 19.4 Å². The van der Waals surface area contributed by atoms with Crippen molar-refractivity contribution in [3.05, 3.63) is 35.9 Å². The molecule has 1 fully saturated rings. The van der Waals surface area contributed by atoms with Crippen molar-refractivity contribution >= 4 is 17.8 Å². The Balaban J connectivity index is 2.02. The van der Waals surface area contributed by atoms with Crippen LogP contribution in [0.5, 0.6) is 0 Å². The lowest BCUT2D eigenvalue weighted by Crippen LogP contribution is -2.54. The van der Waals surface area contributed by atoms with Crippen LogP contribution >= 0.6 is 11.8 Å². The number of nitrogens with one attached hydrogen (secondary N) is 1. The van der Waals surface area contributed by atoms with Crippen molar-refractivity contribution in [3.8, 4) is 0 Å². The summed E-state index contributed by atoms with van der Waals surface area (Å²) in [6.45, 7) is 5.86. The molecule has 0 spiro atoms. The zero-order chi connectivity index (χ0) is 15.3. The second-order valence-corrected chi connectivity index (χ2v) is 6.58. The van der Waals surface area contributed by atoms with Gasteiger partial charge in [-0.1, -0.05) is 30.3 Å². The molecule has 1 aliphatic heterocycles. The number of nitrogens with zero attached hydrogens (tertiary/aromatic N) is 1. The number of amides is 2. The minimum Gasteiger partial charge on any atom is -0.367 e. The van der Waals surface area contributed by atoms with Crippen LogP contribution in [0.15, 0.2) is 30.3 Å². The SMILES string of the molecule is CSCC(C)NC(=O)N1CCOC(C)(c2ccccc2)C1. The molecule has 2 unspecified atom stereocenters. The highest BCUT2D eigenvalue weighted by Gasteiger charge is 2.35. The van der Waals surface area contributed by atoms with Crippen LogP contribution in [0.2, 0.25) is 0 Å². The Morgan fingerprint density at radius 2 is 2.19 bits per heavy atom. The van der Waals surface area contributed by atoms with Crippen LogP contribution in [0, 0.1) is 0 Å². The average molecular weight is 308 g/mol. The highest BCUT2D eigenvalue weighted by molar-refractivity contribution is 7.98. The summed E-state index contributed by atoms with van der Waals surface area (Å²) in [5, 5.41) is 3.05. The van der Waals surface area contributed by atoms with Gasteiger partial charge in [-0.2, -0.15) is 11.8 Å². The minimum absolute atomic E-state index is 0.00186. The fourth-order valence-corrected chi connectivity index (χ4v) is 3.19. The second-order valence-electron chi connectivity index (χ2n) is 5.67. The Labute approximate surface area is 131 Å². The first-order valence-electron chi connectivity index (χ1n) is 7.29. The molecule has 0 radical (unpaired) electrons. The monoisotopic (exact) mass is 308 g/mol. The van der Waals surface area contributed by atoms with E-state index in [4.69, 9.17) is 4.74 Å². The van der Waals surface area contributed by atoms with Gasteiger partial charge in [-0.25, -0.2) is 4.79 Å². The Morgan fingerprint density at radius 1 is 1.48 bits per heavy atom. The summed E-state index contributed by atoms with van der Waals surface area (Å²) in [5.41, 5.74) is 0.680. The van der Waals surface area contributed by atoms with Gasteiger partial charge in [0.2, 0.25) is 0 Å². The van der Waals surface area contributed by atoms with Gasteiger partial charge in [0.1, 0.15) is 5.60 Å². The maximum atomic E-state index is 12.4. The number of urea groups is 1. The van der Waals surface area contributed by atoms with Crippen LogP contribution in [0.25, 0.3) is 0 Å². The van der Waals surface area contributed by atoms with Crippen molar-refractivity contribution in [1.29, 1.82) is 0 Å². The topological polar surface area (TPSA) is 41.6 Å². The van der Waals surface area contributed by atoms with E-state index in [1.165, 1.54) is 0 Å². The van der Waals surface area contributed by atoms with Gasteiger partial charge in [0.25, 0.3) is 0 Å². The van der Waals surface area contributed by atoms with Gasteiger partial charge in [0.05, 0.1) is 13.2 Å². The predicted octanol–water partition coefficient (Wildman–Crippen LogP) is 2.70. The van der Waals surface area contributed by atoms with Gasteiger partial charge >= 0.3 is 6.03 Å². The van der Waals surface area contributed by atoms with Crippen molar-refractivity contribution < 1.29 is 9.53 Å². The number of thioether (sulfide) groups is 1. The molecule has 0 aromatic heterocycles. The van der Waals surface area contributed by atoms with E-state index in [-0.39, 0.29) is 12.1 Å². The summed E-state index contributed by atoms with van der Waals surface area (Å²) < 4.78 is 5.96. The predicted molar refractivity (Wildman–Crippen MR) is 87.7 cm³/mol. The smallest absolute Gasteiger partial charge is 0.317 e. The molecule has 2 amide bonds. The number of carbonyl (C=O) groups is 1. The molecule has 4 nitrogen and oxygen atoms in total. The van der Waals surface area contributed by atoms with Crippen molar-refractivity contribution in [2.45, 2.75) is 25.5 Å². The standard InChI is InChI=1S/C16H24N2O2S/c1-13(11-21-3)17-15(19)18-9-10-20-16(2,12-18)14-7-5-4-6-8-14/h4-8,13H,9-12H2,1-3H3,(H,17,19). The maximum Gasteiger partial charge on any atom is 0.317 e. The van der Waals surface area contributed by atoms with Crippen molar-refractivity contribution in [3.63, 3.8) is 0 Å². The first kappa shape index (κ1) is 16.2. The number of carbonyl (C=O) groups excluding carboxylic acids is 1. The molecule has 0 saturated carbocycles. The highest BCUT2D eigenvalue weighted by atomic mass is 32.2. The molecular weight excluding hydrogens is 284 g/mol. The number of rotatable bonds is 4. The number of benzene rings is 1. The third-order valence-corrected chi connectivity index (χ3v) is 4.57. The maximum absolute atomic E-state index is 12.4. The molecule has 0 aliphatic carbocycles. The molecule has 2 rings (SSSR count). The first-order chi connectivity index (χ1) is 10.0. The molecule has 1 saturated heterocycles. The Hall–Kier alpha value is -1.20. The average Bonchev–Trinajstić information content (AvgIpc) is 2.48. The van der Waals surface area contributed by atoms with E-state index < -0.39 is 5.60 Å². The molecule has 1 N–H and O–H groups in total. The number of morpholine rings is 1. The molecule has 1 aliphatic rings. The van der Waals surface area contributed by atoms with E-state index in [9.17, 15) is 4.79 Å². The number of ether oxygens (including phenoxy) is 1. The van der Waals surface area contributed by atoms with Gasteiger partial charge in [-0.15, -0.1) is 0 Å². The molecule has 1 aromatic carbocycles. The van der Waals surface area contributed by atoms with E-state index in [0.717, 1.165) is 11.3 Å². The van der Waals surface area contributed by atoms with Crippen LogP contribution in [0.3, 0.4) is 0 Å². The number of hydrogen-bond acceptors (Lipinski definition) is 3. The zero-order valence-electron chi connectivity index (χ0n) is 13.0. The summed E-state index contributed by atoms with van der Waals surface area (Å²) in [7, 11) is 0. The van der Waals surface area contributed by atoms with E-state index in [2.05, 4.69) is 17.4 Å². The van der Waals surface area contributed by atoms with E-state index >= 15 is 0 Å². The second kappa shape index (κ2) is 7.18. The van der Waals surface area contributed by atoms with Crippen LogP contribution < -0.4 is 5.32 Å². The van der Waals surface area contributed by atoms with E-state index in [1.54, 1.807) is 11.8 Å². The molecule has 1 heterocycles. The molecule has 2 atom stereocenters. The van der Waals surface area contributed by atoms with Gasteiger partial charge in [0.15, 0.2) is 0 Å². The lowest BCUT2D eigenvalue weighted by atomic mass is 9.94. The van der Waals surface area contributed by atoms with Gasteiger partial charge in [0, 0.05) is 18.3 Å². The normalized spacial score (nSPS) is 23.7. The molecule has 21 heavy (non-hydrogen) atoms. The van der Waals surface area contributed by atoms with Crippen molar-refractivity contribution in [2.24, 2.45) is 0 Å². The Kier molecular flexibility index (Phi) is 5.53. The lowest BCUT2D eigenvalue weighted by molar-refractivity contribution is -0.0907. The van der Waals surface area contributed by atoms with Gasteiger partial charge < -0.3 is 15.0 Å². The molecule has 0 bridgehead atoms. The lowest BCUT2D eigenvalue weighted by Gasteiger charge is -2.41. The zero-order valence-corrected chi connectivity index (χ0v) is 13.8. The summed E-state index contributed by atoms with van der Waals surface area (Å²) in [5.74, 6) is 0.923. The highest BCUT2D eigenvalue weighted by Crippen LogP contribution is 2.29. The Morgan fingerprint density at radius 3 is 2.86 bits per heavy atom. The fourth-order valence-electron chi connectivity index (χ4n) is 2.60. The molecule has 116 valence electrons. The number of hydrogen-bond donors (Lipinski definition) is 1. The third kappa shape index (κ3) is 4.14. The van der Waals surface area contributed by atoms with Crippen molar-refractivity contribution in [1.82, 2.24) is 10.2 Å². The minimum atomic E-state index is -0.431. The summed E-state index contributed by atoms with van der Waals surface area (Å²) >= 11 is 1.74. The summed E-state index contributed by atoms with van der Waals surface area (Å²) in [6.07, 6.45) is 2.05. The summed E-state index contributed by atoms with van der Waals surface area (Å²) in [6, 6.07) is 10.3. The van der Waals surface area contributed by atoms with Gasteiger partial charge in [-0.05, 0) is 25.7 Å². The first-order valence-corrected chi connectivity index (χ1v) is 8.68. The van der Waals surface area contributed by atoms with Crippen molar-refractivity contribution in [2.75, 3.05) is 31.7 Å². The van der Waals surface area contributed by atoms with Crippen LogP contribution in [0.4, 0.5) is 4.79 Å². The van der Waals surface area contributed by atoms with E-state index in [1.807, 2.05) is 43.2 Å². The summed E-state index contributed by atoms with van der Waals surface area (Å²) in [4.78, 5) is 14.2. The molecular formula is C16H24N2O2S. The largest absolute Gasteiger partial charge is 0.367 e. The fraction of sp³-hybridized carbons (Fsp3) is 0.562. The van der Waals surface area contributed by atoms with E-state index in [0.29, 0.717) is 19.7 Å². The quantitative estimate of drug-likeness (QED) is 0.930. The van der Waals surface area contributed by atoms with Crippen LogP contribution in [-0.2, 0) is 10.3 Å². The third-order valence-electron chi connectivity index (χ3n) is 3.73. The van der Waals surface area contributed by atoms with Crippen LogP contribution in [-0.4, -0.2) is 48.7 Å². The van der Waals surface area contributed by atoms with Gasteiger partial charge in [-0.3, -0.25) is 0 Å². The molecule has 5 heteroatoms.